The lowest BCUT2D eigenvalue weighted by atomic mass is 10.1. The molecule has 2 heteroatoms. The van der Waals surface area contributed by atoms with Crippen LogP contribution < -0.4 is 5.32 Å². The smallest absolute Gasteiger partial charge is 0.0158 e. The normalized spacial score (nSPS) is 17.3. The average Bonchev–Trinajstić information content (AvgIpc) is 3.15. The molecule has 0 spiro atoms. The van der Waals surface area contributed by atoms with Crippen molar-refractivity contribution in [2.45, 2.75) is 36.6 Å². The van der Waals surface area contributed by atoms with Gasteiger partial charge in [-0.1, -0.05) is 31.0 Å². The van der Waals surface area contributed by atoms with Gasteiger partial charge in [-0.15, -0.1) is 11.8 Å². The van der Waals surface area contributed by atoms with E-state index in [1.54, 1.807) is 0 Å². The molecule has 88 valence electrons. The van der Waals surface area contributed by atoms with Crippen molar-refractivity contribution in [1.29, 1.82) is 0 Å². The summed E-state index contributed by atoms with van der Waals surface area (Å²) in [5.41, 5.74) is 0. The fourth-order valence-electron chi connectivity index (χ4n) is 1.87. The highest BCUT2D eigenvalue weighted by molar-refractivity contribution is 7.99. The maximum atomic E-state index is 3.43. The Morgan fingerprint density at radius 1 is 1.31 bits per heavy atom. The first kappa shape index (κ1) is 12.0. The van der Waals surface area contributed by atoms with Crippen LogP contribution in [-0.2, 0) is 0 Å². The third kappa shape index (κ3) is 4.18. The predicted octanol–water partition coefficient (Wildman–Crippen LogP) is 3.56. The van der Waals surface area contributed by atoms with Gasteiger partial charge in [0.15, 0.2) is 0 Å². The van der Waals surface area contributed by atoms with Crippen molar-refractivity contribution in [3.8, 4) is 0 Å². The van der Waals surface area contributed by atoms with E-state index in [0.29, 0.717) is 6.04 Å². The van der Waals surface area contributed by atoms with Crippen molar-refractivity contribution in [2.75, 3.05) is 12.8 Å². The lowest BCUT2D eigenvalue weighted by Crippen LogP contribution is -2.27. The number of hydrogen-bond acceptors (Lipinski definition) is 2. The van der Waals surface area contributed by atoms with Crippen LogP contribution in [0.4, 0.5) is 0 Å². The Kier molecular flexibility index (Phi) is 4.73. The molecule has 0 radical (unpaired) electrons. The second kappa shape index (κ2) is 6.31. The van der Waals surface area contributed by atoms with Crippen LogP contribution in [0.1, 0.15) is 25.7 Å². The third-order valence-electron chi connectivity index (χ3n) is 3.22. The zero-order valence-electron chi connectivity index (χ0n) is 9.99. The van der Waals surface area contributed by atoms with Gasteiger partial charge in [-0.2, -0.15) is 0 Å². The molecule has 1 aromatic carbocycles. The maximum absolute atomic E-state index is 3.43. The van der Waals surface area contributed by atoms with Crippen molar-refractivity contribution in [3.63, 3.8) is 0 Å². The molecule has 1 aliphatic rings. The summed E-state index contributed by atoms with van der Waals surface area (Å²) in [4.78, 5) is 1.38. The SMILES string of the molecule is CNC(CCC1CC1)CSc1ccccc1. The molecule has 1 aliphatic carbocycles. The third-order valence-corrected chi connectivity index (χ3v) is 4.40. The van der Waals surface area contributed by atoms with Crippen molar-refractivity contribution >= 4 is 11.8 Å². The van der Waals surface area contributed by atoms with Gasteiger partial charge in [0.25, 0.3) is 0 Å². The van der Waals surface area contributed by atoms with E-state index in [0.717, 1.165) is 5.92 Å². The van der Waals surface area contributed by atoms with Crippen molar-refractivity contribution in [3.05, 3.63) is 30.3 Å². The number of hydrogen-bond donors (Lipinski definition) is 1. The highest BCUT2D eigenvalue weighted by Gasteiger charge is 2.22. The minimum absolute atomic E-state index is 0.672. The largest absolute Gasteiger partial charge is 0.316 e. The van der Waals surface area contributed by atoms with Crippen LogP contribution in [0.15, 0.2) is 35.2 Å². The summed E-state index contributed by atoms with van der Waals surface area (Å²) >= 11 is 1.96. The molecule has 0 aromatic heterocycles. The van der Waals surface area contributed by atoms with Crippen LogP contribution in [0.3, 0.4) is 0 Å². The molecule has 1 saturated carbocycles. The van der Waals surface area contributed by atoms with Crippen LogP contribution >= 0.6 is 11.8 Å². The van der Waals surface area contributed by atoms with Crippen molar-refractivity contribution in [1.82, 2.24) is 5.32 Å². The second-order valence-electron chi connectivity index (χ2n) is 4.63. The van der Waals surface area contributed by atoms with E-state index in [-0.39, 0.29) is 0 Å². The predicted molar refractivity (Wildman–Crippen MR) is 72.0 cm³/mol. The molecule has 0 bridgehead atoms. The molecule has 0 heterocycles. The Morgan fingerprint density at radius 2 is 2.06 bits per heavy atom. The van der Waals surface area contributed by atoms with Crippen molar-refractivity contribution < 1.29 is 0 Å². The first-order chi connectivity index (χ1) is 7.88. The van der Waals surface area contributed by atoms with Gasteiger partial charge >= 0.3 is 0 Å². The lowest BCUT2D eigenvalue weighted by Gasteiger charge is -2.15. The summed E-state index contributed by atoms with van der Waals surface area (Å²) in [6.45, 7) is 0. The molecule has 2 rings (SSSR count). The molecule has 0 aliphatic heterocycles. The molecule has 1 aromatic rings. The molecule has 1 N–H and O–H groups in total. The molecule has 1 atom stereocenters. The Hall–Kier alpha value is -0.470. The first-order valence-electron chi connectivity index (χ1n) is 6.23. The number of thioether (sulfide) groups is 1. The fourth-order valence-corrected chi connectivity index (χ4v) is 2.94. The zero-order chi connectivity index (χ0) is 11.2. The summed E-state index contributed by atoms with van der Waals surface area (Å²) in [5, 5.41) is 3.43. The number of rotatable bonds is 7. The molecule has 16 heavy (non-hydrogen) atoms. The molecule has 0 saturated heterocycles. The number of benzene rings is 1. The summed E-state index contributed by atoms with van der Waals surface area (Å²) in [6, 6.07) is 11.4. The van der Waals surface area contributed by atoms with Gasteiger partial charge in [-0.25, -0.2) is 0 Å². The van der Waals surface area contributed by atoms with Crippen LogP contribution in [0.5, 0.6) is 0 Å². The summed E-state index contributed by atoms with van der Waals surface area (Å²) < 4.78 is 0. The zero-order valence-corrected chi connectivity index (χ0v) is 10.8. The van der Waals surface area contributed by atoms with Crippen LogP contribution in [0.2, 0.25) is 0 Å². The van der Waals surface area contributed by atoms with Gasteiger partial charge < -0.3 is 5.32 Å². The minimum Gasteiger partial charge on any atom is -0.316 e. The Bertz CT molecular complexity index is 295. The van der Waals surface area contributed by atoms with E-state index in [9.17, 15) is 0 Å². The first-order valence-corrected chi connectivity index (χ1v) is 7.22. The molecule has 1 fully saturated rings. The highest BCUT2D eigenvalue weighted by atomic mass is 32.2. The standard InChI is InChI=1S/C14H21NS/c1-15-13(10-9-12-7-8-12)11-16-14-5-3-2-4-6-14/h2-6,12-13,15H,7-11H2,1H3. The van der Waals surface area contributed by atoms with Gasteiger partial charge in [0.2, 0.25) is 0 Å². The topological polar surface area (TPSA) is 12.0 Å². The van der Waals surface area contributed by atoms with Crippen LogP contribution in [-0.4, -0.2) is 18.8 Å². The maximum Gasteiger partial charge on any atom is 0.0158 e. The Labute approximate surface area is 103 Å². The van der Waals surface area contributed by atoms with E-state index in [1.807, 2.05) is 11.8 Å². The summed E-state index contributed by atoms with van der Waals surface area (Å²) in [6.07, 6.45) is 5.70. The van der Waals surface area contributed by atoms with Crippen molar-refractivity contribution in [2.24, 2.45) is 5.92 Å². The molecule has 1 nitrogen and oxygen atoms in total. The van der Waals surface area contributed by atoms with Crippen LogP contribution in [0, 0.1) is 5.92 Å². The Balaban J connectivity index is 1.69. The monoisotopic (exact) mass is 235 g/mol. The molecular weight excluding hydrogens is 214 g/mol. The number of nitrogens with one attached hydrogen (secondary N) is 1. The van der Waals surface area contributed by atoms with Gasteiger partial charge in [0.05, 0.1) is 0 Å². The van der Waals surface area contributed by atoms with E-state index in [2.05, 4.69) is 42.7 Å². The summed E-state index contributed by atoms with van der Waals surface area (Å²) in [5.74, 6) is 2.24. The molecular formula is C14H21NS. The van der Waals surface area contributed by atoms with Crippen LogP contribution in [0.25, 0.3) is 0 Å². The summed E-state index contributed by atoms with van der Waals surface area (Å²) in [7, 11) is 2.09. The van der Waals surface area contributed by atoms with Gasteiger partial charge in [0.1, 0.15) is 0 Å². The fraction of sp³-hybridized carbons (Fsp3) is 0.571. The van der Waals surface area contributed by atoms with E-state index < -0.39 is 0 Å². The quantitative estimate of drug-likeness (QED) is 0.725. The minimum atomic E-state index is 0.672. The molecule has 1 unspecified atom stereocenters. The lowest BCUT2D eigenvalue weighted by molar-refractivity contribution is 0.526. The Morgan fingerprint density at radius 3 is 2.69 bits per heavy atom. The van der Waals surface area contributed by atoms with Gasteiger partial charge in [0, 0.05) is 16.7 Å². The highest BCUT2D eigenvalue weighted by Crippen LogP contribution is 2.34. The van der Waals surface area contributed by atoms with E-state index in [1.165, 1.54) is 36.3 Å². The molecule has 0 amide bonds. The van der Waals surface area contributed by atoms with Gasteiger partial charge in [-0.3, -0.25) is 0 Å². The average molecular weight is 235 g/mol. The second-order valence-corrected chi connectivity index (χ2v) is 5.72. The van der Waals surface area contributed by atoms with Gasteiger partial charge in [-0.05, 0) is 37.9 Å². The van der Waals surface area contributed by atoms with E-state index in [4.69, 9.17) is 0 Å². The van der Waals surface area contributed by atoms with E-state index >= 15 is 0 Å².